The third-order valence-corrected chi connectivity index (χ3v) is 3.02. The number of hydrogen-bond acceptors (Lipinski definition) is 1. The molecule has 1 N–H and O–H groups in total. The van der Waals surface area contributed by atoms with E-state index in [1.165, 1.54) is 11.1 Å². The summed E-state index contributed by atoms with van der Waals surface area (Å²) in [6, 6.07) is 8.37. The Bertz CT molecular complexity index is 404. The van der Waals surface area contributed by atoms with E-state index in [9.17, 15) is 5.11 Å². The van der Waals surface area contributed by atoms with E-state index in [-0.39, 0.29) is 12.0 Å². The summed E-state index contributed by atoms with van der Waals surface area (Å²) in [7, 11) is 0. The third kappa shape index (κ3) is 1.88. The first kappa shape index (κ1) is 10.2. The molecule has 0 heterocycles. The maximum absolute atomic E-state index is 9.60. The van der Waals surface area contributed by atoms with Crippen LogP contribution in [-0.2, 0) is 5.41 Å². The number of rotatable bonds is 2. The van der Waals surface area contributed by atoms with Crippen molar-refractivity contribution in [2.24, 2.45) is 0 Å². The van der Waals surface area contributed by atoms with Crippen molar-refractivity contribution >= 4 is 0 Å². The van der Waals surface area contributed by atoms with Gasteiger partial charge in [0.1, 0.15) is 0 Å². The number of benzene rings is 1. The Morgan fingerprint density at radius 2 is 2.20 bits per heavy atom. The molecule has 0 aromatic heterocycles. The lowest BCUT2D eigenvalue weighted by molar-refractivity contribution is 0.225. The summed E-state index contributed by atoms with van der Waals surface area (Å²) >= 11 is 0. The molecule has 0 saturated heterocycles. The zero-order valence-electron chi connectivity index (χ0n) is 8.98. The van der Waals surface area contributed by atoms with Gasteiger partial charge in [-0.1, -0.05) is 54.1 Å². The topological polar surface area (TPSA) is 20.2 Å². The van der Waals surface area contributed by atoms with Crippen LogP contribution in [0.15, 0.2) is 48.6 Å². The first-order valence-corrected chi connectivity index (χ1v) is 5.29. The van der Waals surface area contributed by atoms with E-state index in [0.717, 1.165) is 6.42 Å². The minimum Gasteiger partial charge on any atom is -0.395 e. The van der Waals surface area contributed by atoms with Gasteiger partial charge in [0.25, 0.3) is 0 Å². The second-order valence-corrected chi connectivity index (χ2v) is 4.18. The van der Waals surface area contributed by atoms with Gasteiger partial charge in [-0.3, -0.25) is 0 Å². The lowest BCUT2D eigenvalue weighted by Gasteiger charge is -2.29. The highest BCUT2D eigenvalue weighted by atomic mass is 16.3. The van der Waals surface area contributed by atoms with Crippen molar-refractivity contribution in [2.75, 3.05) is 6.61 Å². The molecular weight excluding hydrogens is 184 g/mol. The van der Waals surface area contributed by atoms with Crippen LogP contribution in [0.5, 0.6) is 0 Å². The first-order valence-electron chi connectivity index (χ1n) is 5.29. The van der Waals surface area contributed by atoms with Crippen LogP contribution in [0.1, 0.15) is 17.5 Å². The van der Waals surface area contributed by atoms with E-state index in [0.29, 0.717) is 0 Å². The van der Waals surface area contributed by atoms with Crippen molar-refractivity contribution in [1.82, 2.24) is 0 Å². The highest BCUT2D eigenvalue weighted by Gasteiger charge is 2.28. The maximum Gasteiger partial charge on any atom is 0.0565 e. The van der Waals surface area contributed by atoms with Crippen LogP contribution >= 0.6 is 0 Å². The fourth-order valence-electron chi connectivity index (χ4n) is 2.04. The van der Waals surface area contributed by atoms with Gasteiger partial charge in [0.15, 0.2) is 0 Å². The van der Waals surface area contributed by atoms with E-state index in [2.05, 4.69) is 37.3 Å². The van der Waals surface area contributed by atoms with Gasteiger partial charge in [0, 0.05) is 5.41 Å². The Hall–Kier alpha value is -1.34. The predicted molar refractivity (Wildman–Crippen MR) is 62.8 cm³/mol. The lowest BCUT2D eigenvalue weighted by Crippen LogP contribution is -2.28. The Kier molecular flexibility index (Phi) is 2.74. The molecule has 1 nitrogen and oxygen atoms in total. The average molecular weight is 200 g/mol. The van der Waals surface area contributed by atoms with Crippen molar-refractivity contribution in [2.45, 2.75) is 18.8 Å². The quantitative estimate of drug-likeness (QED) is 0.778. The zero-order valence-corrected chi connectivity index (χ0v) is 8.98. The van der Waals surface area contributed by atoms with Gasteiger partial charge < -0.3 is 5.11 Å². The molecule has 0 unspecified atom stereocenters. The van der Waals surface area contributed by atoms with Crippen molar-refractivity contribution in [3.63, 3.8) is 0 Å². The molecule has 0 radical (unpaired) electrons. The third-order valence-electron chi connectivity index (χ3n) is 3.02. The highest BCUT2D eigenvalue weighted by molar-refractivity contribution is 5.37. The van der Waals surface area contributed by atoms with E-state index in [1.807, 2.05) is 18.2 Å². The van der Waals surface area contributed by atoms with Crippen LogP contribution in [0.25, 0.3) is 0 Å². The second kappa shape index (κ2) is 4.03. The monoisotopic (exact) mass is 200 g/mol. The smallest absolute Gasteiger partial charge is 0.0565 e. The number of aliphatic hydroxyl groups excluding tert-OH is 1. The van der Waals surface area contributed by atoms with Gasteiger partial charge >= 0.3 is 0 Å². The Balaban J connectivity index is 2.42. The fraction of sp³-hybridized carbons (Fsp3) is 0.286. The van der Waals surface area contributed by atoms with Gasteiger partial charge in [0.05, 0.1) is 6.61 Å². The SMILES string of the molecule is Cc1cccc([C@@]2(CO)C=CC=CC2)c1. The van der Waals surface area contributed by atoms with Crippen molar-refractivity contribution in [3.8, 4) is 0 Å². The molecule has 1 heteroatoms. The lowest BCUT2D eigenvalue weighted by atomic mass is 9.76. The normalized spacial score (nSPS) is 24.4. The van der Waals surface area contributed by atoms with Crippen LogP contribution in [-0.4, -0.2) is 11.7 Å². The Morgan fingerprint density at radius 3 is 2.80 bits per heavy atom. The van der Waals surface area contributed by atoms with Crippen LogP contribution in [0.3, 0.4) is 0 Å². The average Bonchev–Trinajstić information content (AvgIpc) is 2.30. The molecule has 1 aromatic rings. The van der Waals surface area contributed by atoms with E-state index in [4.69, 9.17) is 0 Å². The first-order chi connectivity index (χ1) is 7.27. The molecule has 2 rings (SSSR count). The van der Waals surface area contributed by atoms with Crippen molar-refractivity contribution in [1.29, 1.82) is 0 Å². The summed E-state index contributed by atoms with van der Waals surface area (Å²) < 4.78 is 0. The molecular formula is C14H16O. The molecule has 0 amide bonds. The summed E-state index contributed by atoms with van der Waals surface area (Å²) in [6.07, 6.45) is 9.13. The van der Waals surface area contributed by atoms with Gasteiger partial charge in [-0.2, -0.15) is 0 Å². The van der Waals surface area contributed by atoms with Crippen molar-refractivity contribution in [3.05, 3.63) is 59.7 Å². The number of aliphatic hydroxyl groups is 1. The van der Waals surface area contributed by atoms with E-state index in [1.54, 1.807) is 0 Å². The molecule has 0 spiro atoms. The zero-order chi connectivity index (χ0) is 10.7. The highest BCUT2D eigenvalue weighted by Crippen LogP contribution is 2.32. The minimum atomic E-state index is -0.208. The summed E-state index contributed by atoms with van der Waals surface area (Å²) in [5.74, 6) is 0. The van der Waals surface area contributed by atoms with Gasteiger partial charge in [0.2, 0.25) is 0 Å². The molecule has 1 atom stereocenters. The number of aryl methyl sites for hydroxylation is 1. The minimum absolute atomic E-state index is 0.164. The molecule has 0 bridgehead atoms. The van der Waals surface area contributed by atoms with Gasteiger partial charge in [-0.25, -0.2) is 0 Å². The molecule has 0 aliphatic heterocycles. The molecule has 1 aromatic carbocycles. The summed E-state index contributed by atoms with van der Waals surface area (Å²) in [4.78, 5) is 0. The Labute approximate surface area is 90.8 Å². The molecule has 1 aliphatic rings. The standard InChI is InChI=1S/C14H16O/c1-12-6-5-7-13(10-12)14(11-15)8-3-2-4-9-14/h2-8,10,15H,9,11H2,1H3/t14-/m0/s1. The Morgan fingerprint density at radius 1 is 1.33 bits per heavy atom. The summed E-state index contributed by atoms with van der Waals surface area (Å²) in [5, 5.41) is 9.60. The molecule has 15 heavy (non-hydrogen) atoms. The maximum atomic E-state index is 9.60. The molecule has 78 valence electrons. The van der Waals surface area contributed by atoms with Crippen LogP contribution in [0.2, 0.25) is 0 Å². The summed E-state index contributed by atoms with van der Waals surface area (Å²) in [6.45, 7) is 2.24. The number of hydrogen-bond donors (Lipinski definition) is 1. The van der Waals surface area contributed by atoms with Crippen LogP contribution in [0.4, 0.5) is 0 Å². The molecule has 0 saturated carbocycles. The van der Waals surface area contributed by atoms with Gasteiger partial charge in [-0.15, -0.1) is 0 Å². The predicted octanol–water partition coefficient (Wildman–Crippen LogP) is 2.74. The van der Waals surface area contributed by atoms with Crippen LogP contribution < -0.4 is 0 Å². The van der Waals surface area contributed by atoms with Crippen LogP contribution in [0, 0.1) is 6.92 Å². The van der Waals surface area contributed by atoms with E-state index >= 15 is 0 Å². The fourth-order valence-corrected chi connectivity index (χ4v) is 2.04. The summed E-state index contributed by atoms with van der Waals surface area (Å²) in [5.41, 5.74) is 2.23. The van der Waals surface area contributed by atoms with E-state index < -0.39 is 0 Å². The molecule has 0 fully saturated rings. The molecule has 1 aliphatic carbocycles. The second-order valence-electron chi connectivity index (χ2n) is 4.18. The number of allylic oxidation sites excluding steroid dienone is 3. The van der Waals surface area contributed by atoms with Gasteiger partial charge in [-0.05, 0) is 18.9 Å². The largest absolute Gasteiger partial charge is 0.395 e. The van der Waals surface area contributed by atoms with Crippen molar-refractivity contribution < 1.29 is 5.11 Å².